The van der Waals surface area contributed by atoms with Gasteiger partial charge in [0.25, 0.3) is 0 Å². The molecule has 0 saturated heterocycles. The summed E-state index contributed by atoms with van der Waals surface area (Å²) in [6, 6.07) is 16.4. The fourth-order valence-corrected chi connectivity index (χ4v) is 4.86. The first-order chi connectivity index (χ1) is 13.4. The second-order valence-electron chi connectivity index (χ2n) is 9.56. The van der Waals surface area contributed by atoms with Crippen molar-refractivity contribution in [2.24, 2.45) is 12.5 Å². The standard InChI is InChI=1S/C27H34N/c1-6-20-8-7-19(2)25(17-20)26-24-10-9-22(18-23(24)13-16-28(26)5)21-11-14-27(3,4)15-12-21/h7-10,13,16-18,21H,6,11-12,14-15H2,1-5H3/q+1. The van der Waals surface area contributed by atoms with Crippen LogP contribution in [0.1, 0.15) is 69.1 Å². The third-order valence-corrected chi connectivity index (χ3v) is 6.94. The Morgan fingerprint density at radius 3 is 2.46 bits per heavy atom. The fourth-order valence-electron chi connectivity index (χ4n) is 4.86. The van der Waals surface area contributed by atoms with E-state index in [9.17, 15) is 0 Å². The largest absolute Gasteiger partial charge is 0.220 e. The summed E-state index contributed by atoms with van der Waals surface area (Å²) in [4.78, 5) is 0. The zero-order chi connectivity index (χ0) is 19.9. The normalized spacial score (nSPS) is 17.2. The van der Waals surface area contributed by atoms with E-state index in [1.165, 1.54) is 64.4 Å². The van der Waals surface area contributed by atoms with Crippen LogP contribution in [0.5, 0.6) is 0 Å². The maximum Gasteiger partial charge on any atom is 0.220 e. The predicted molar refractivity (Wildman–Crippen MR) is 120 cm³/mol. The van der Waals surface area contributed by atoms with Gasteiger partial charge in [-0.3, -0.25) is 0 Å². The summed E-state index contributed by atoms with van der Waals surface area (Å²) in [6.45, 7) is 9.30. The Kier molecular flexibility index (Phi) is 5.04. The highest BCUT2D eigenvalue weighted by molar-refractivity contribution is 5.94. The number of benzene rings is 2. The van der Waals surface area contributed by atoms with Crippen LogP contribution in [0, 0.1) is 12.3 Å². The molecule has 1 heteroatoms. The smallest absolute Gasteiger partial charge is 0.200 e. The number of nitrogens with zero attached hydrogens (tertiary/aromatic N) is 1. The Morgan fingerprint density at radius 1 is 1.00 bits per heavy atom. The first kappa shape index (κ1) is 19.2. The van der Waals surface area contributed by atoms with Gasteiger partial charge in [-0.25, -0.2) is 4.57 Å². The molecular weight excluding hydrogens is 338 g/mol. The second kappa shape index (κ2) is 7.35. The number of fused-ring (bicyclic) bond motifs is 1. The minimum absolute atomic E-state index is 0.524. The monoisotopic (exact) mass is 372 g/mol. The average Bonchev–Trinajstić information content (AvgIpc) is 2.68. The lowest BCUT2D eigenvalue weighted by Crippen LogP contribution is -2.30. The molecule has 0 spiro atoms. The van der Waals surface area contributed by atoms with E-state index in [0.717, 1.165) is 12.3 Å². The van der Waals surface area contributed by atoms with Crippen molar-refractivity contribution in [1.82, 2.24) is 0 Å². The number of hydrogen-bond donors (Lipinski definition) is 0. The van der Waals surface area contributed by atoms with Crippen molar-refractivity contribution in [3.8, 4) is 11.3 Å². The Hall–Kier alpha value is -2.15. The summed E-state index contributed by atoms with van der Waals surface area (Å²) >= 11 is 0. The highest BCUT2D eigenvalue weighted by atomic mass is 14.9. The molecular formula is C27H34N+. The molecule has 28 heavy (non-hydrogen) atoms. The fraction of sp³-hybridized carbons (Fsp3) is 0.444. The molecule has 0 radical (unpaired) electrons. The van der Waals surface area contributed by atoms with Crippen LogP contribution < -0.4 is 4.57 Å². The van der Waals surface area contributed by atoms with Crippen LogP contribution in [-0.2, 0) is 13.5 Å². The zero-order valence-corrected chi connectivity index (χ0v) is 18.2. The molecule has 1 fully saturated rings. The van der Waals surface area contributed by atoms with E-state index in [2.05, 4.69) is 88.0 Å². The van der Waals surface area contributed by atoms with Crippen LogP contribution in [-0.4, -0.2) is 0 Å². The molecule has 2 aromatic carbocycles. The second-order valence-corrected chi connectivity index (χ2v) is 9.56. The van der Waals surface area contributed by atoms with Crippen molar-refractivity contribution in [1.29, 1.82) is 0 Å². The molecule has 1 aliphatic carbocycles. The highest BCUT2D eigenvalue weighted by Gasteiger charge is 2.28. The van der Waals surface area contributed by atoms with E-state index < -0.39 is 0 Å². The molecule has 0 bridgehead atoms. The Morgan fingerprint density at radius 2 is 1.75 bits per heavy atom. The van der Waals surface area contributed by atoms with Crippen molar-refractivity contribution < 1.29 is 4.57 Å². The van der Waals surface area contributed by atoms with E-state index in [-0.39, 0.29) is 0 Å². The van der Waals surface area contributed by atoms with Crippen LogP contribution in [0.2, 0.25) is 0 Å². The van der Waals surface area contributed by atoms with Gasteiger partial charge in [0.15, 0.2) is 6.20 Å². The minimum atomic E-state index is 0.524. The third-order valence-electron chi connectivity index (χ3n) is 6.94. The first-order valence-electron chi connectivity index (χ1n) is 10.9. The zero-order valence-electron chi connectivity index (χ0n) is 18.2. The maximum absolute atomic E-state index is 2.46. The molecule has 0 atom stereocenters. The van der Waals surface area contributed by atoms with Crippen LogP contribution >= 0.6 is 0 Å². The van der Waals surface area contributed by atoms with Crippen LogP contribution in [0.25, 0.3) is 22.0 Å². The Balaban J connectivity index is 1.78. The molecule has 4 rings (SSSR count). The average molecular weight is 373 g/mol. The van der Waals surface area contributed by atoms with Crippen LogP contribution in [0.15, 0.2) is 48.7 Å². The van der Waals surface area contributed by atoms with Crippen molar-refractivity contribution in [3.05, 3.63) is 65.4 Å². The van der Waals surface area contributed by atoms with E-state index in [1.54, 1.807) is 0 Å². The van der Waals surface area contributed by atoms with Gasteiger partial charge in [0.1, 0.15) is 7.05 Å². The summed E-state index contributed by atoms with van der Waals surface area (Å²) in [7, 11) is 2.17. The van der Waals surface area contributed by atoms with Gasteiger partial charge < -0.3 is 0 Å². The van der Waals surface area contributed by atoms with Gasteiger partial charge >= 0.3 is 0 Å². The van der Waals surface area contributed by atoms with Crippen molar-refractivity contribution in [2.75, 3.05) is 0 Å². The number of hydrogen-bond acceptors (Lipinski definition) is 0. The lowest BCUT2D eigenvalue weighted by molar-refractivity contribution is -0.659. The number of aromatic nitrogens is 1. The lowest BCUT2D eigenvalue weighted by atomic mass is 9.71. The highest BCUT2D eigenvalue weighted by Crippen LogP contribution is 2.43. The van der Waals surface area contributed by atoms with Gasteiger partial charge in [0.05, 0.1) is 5.39 Å². The number of aryl methyl sites for hydroxylation is 3. The summed E-state index contributed by atoms with van der Waals surface area (Å²) in [5.41, 5.74) is 7.50. The van der Waals surface area contributed by atoms with Gasteiger partial charge in [-0.2, -0.15) is 0 Å². The van der Waals surface area contributed by atoms with Gasteiger partial charge in [0, 0.05) is 11.6 Å². The Labute approximate surface area is 170 Å². The van der Waals surface area contributed by atoms with Crippen molar-refractivity contribution >= 4 is 10.8 Å². The molecule has 0 amide bonds. The van der Waals surface area contributed by atoms with Gasteiger partial charge in [-0.1, -0.05) is 45.0 Å². The molecule has 1 aliphatic rings. The summed E-state index contributed by atoms with van der Waals surface area (Å²) in [5, 5.41) is 2.73. The van der Waals surface area contributed by atoms with E-state index in [1.807, 2.05) is 0 Å². The Bertz CT molecular complexity index is 1000. The molecule has 3 aromatic rings. The van der Waals surface area contributed by atoms with Gasteiger partial charge in [0.2, 0.25) is 5.69 Å². The summed E-state index contributed by atoms with van der Waals surface area (Å²) < 4.78 is 2.28. The quantitative estimate of drug-likeness (QED) is 0.441. The molecule has 0 unspecified atom stereocenters. The van der Waals surface area contributed by atoms with Crippen molar-refractivity contribution in [3.63, 3.8) is 0 Å². The first-order valence-corrected chi connectivity index (χ1v) is 10.9. The lowest BCUT2D eigenvalue weighted by Gasteiger charge is -2.34. The molecule has 1 heterocycles. The summed E-state index contributed by atoms with van der Waals surface area (Å²) in [6.07, 6.45) is 8.63. The molecule has 0 N–H and O–H groups in total. The van der Waals surface area contributed by atoms with Gasteiger partial charge in [-0.05, 0) is 84.6 Å². The van der Waals surface area contributed by atoms with Gasteiger partial charge in [-0.15, -0.1) is 0 Å². The predicted octanol–water partition coefficient (Wildman–Crippen LogP) is 6.89. The SMILES string of the molecule is CCc1ccc(C)c(-c2c3ccc(C4CCC(C)(C)CC4)cc3cc[n+]2C)c1. The maximum atomic E-state index is 2.46. The number of rotatable bonds is 3. The van der Waals surface area contributed by atoms with Crippen LogP contribution in [0.3, 0.4) is 0 Å². The number of pyridine rings is 1. The summed E-state index contributed by atoms with van der Waals surface area (Å²) in [5.74, 6) is 0.722. The molecule has 0 aliphatic heterocycles. The van der Waals surface area contributed by atoms with Crippen molar-refractivity contribution in [2.45, 2.75) is 65.7 Å². The van der Waals surface area contributed by atoms with E-state index in [4.69, 9.17) is 0 Å². The topological polar surface area (TPSA) is 3.88 Å². The molecule has 1 aromatic heterocycles. The molecule has 1 nitrogen and oxygen atoms in total. The third kappa shape index (κ3) is 3.60. The molecule has 1 saturated carbocycles. The minimum Gasteiger partial charge on any atom is -0.200 e. The molecule has 146 valence electrons. The van der Waals surface area contributed by atoms with E-state index in [0.29, 0.717) is 5.41 Å². The van der Waals surface area contributed by atoms with Crippen LogP contribution in [0.4, 0.5) is 0 Å². The van der Waals surface area contributed by atoms with E-state index >= 15 is 0 Å².